The molecule has 0 atom stereocenters. The zero-order chi connectivity index (χ0) is 23.7. The molecule has 0 spiro atoms. The van der Waals surface area contributed by atoms with Crippen molar-refractivity contribution in [1.82, 2.24) is 4.57 Å². The molecule has 0 unspecified atom stereocenters. The molecule has 8 heteroatoms. The lowest BCUT2D eigenvalue weighted by Gasteiger charge is -2.35. The third kappa shape index (κ3) is 4.19. The van der Waals surface area contributed by atoms with Crippen LogP contribution in [0.15, 0.2) is 18.2 Å². The second-order valence-electron chi connectivity index (χ2n) is 8.46. The Morgan fingerprint density at radius 3 is 2.34 bits per heavy atom. The molecule has 1 fully saturated rings. The molecule has 1 aliphatic carbocycles. The summed E-state index contributed by atoms with van der Waals surface area (Å²) >= 11 is 0. The first kappa shape index (κ1) is 23.7. The predicted octanol–water partition coefficient (Wildman–Crippen LogP) is 2.96. The number of carbonyl (C=O) groups is 3. The number of nitrogens with zero attached hydrogens (tertiary/aromatic N) is 2. The fraction of sp³-hybridized carbons (Fsp3) is 0.458. The molecule has 0 radical (unpaired) electrons. The molecule has 2 amide bonds. The Labute approximate surface area is 187 Å². The molecule has 1 aliphatic rings. The lowest BCUT2D eigenvalue weighted by Crippen LogP contribution is -2.47. The van der Waals surface area contributed by atoms with Gasteiger partial charge in [0.25, 0.3) is 11.7 Å². The van der Waals surface area contributed by atoms with Crippen LogP contribution in [-0.2, 0) is 18.3 Å². The van der Waals surface area contributed by atoms with Crippen LogP contribution in [-0.4, -0.2) is 39.4 Å². The van der Waals surface area contributed by atoms with E-state index in [-0.39, 0.29) is 17.3 Å². The van der Waals surface area contributed by atoms with Crippen LogP contribution in [0.25, 0.3) is 0 Å². The highest BCUT2D eigenvalue weighted by Gasteiger charge is 2.36. The standard InChI is InChI=1S/C24H30FN3O4/c1-5-18-20(23(26)31)14(3)27(4)21(18)22(30)24(32)28(15-6-9-17(29)10-7-15)16-8-11-19(25)13(2)12-16/h8,11-12,15,17,29H,5-7,9-10H2,1-4H3,(H2,26,31). The van der Waals surface area contributed by atoms with Crippen LogP contribution in [0.2, 0.25) is 0 Å². The van der Waals surface area contributed by atoms with Crippen molar-refractivity contribution in [3.8, 4) is 0 Å². The quantitative estimate of drug-likeness (QED) is 0.529. The summed E-state index contributed by atoms with van der Waals surface area (Å²) in [4.78, 5) is 40.6. The molecule has 3 rings (SSSR count). The summed E-state index contributed by atoms with van der Waals surface area (Å²) in [5, 5.41) is 9.91. The monoisotopic (exact) mass is 443 g/mol. The molecule has 1 aromatic heterocycles. The number of rotatable bonds is 6. The van der Waals surface area contributed by atoms with Gasteiger partial charge < -0.3 is 20.3 Å². The Hall–Kier alpha value is -3.00. The van der Waals surface area contributed by atoms with E-state index in [1.54, 1.807) is 33.9 Å². The van der Waals surface area contributed by atoms with E-state index in [0.29, 0.717) is 54.6 Å². The number of nitrogens with two attached hydrogens (primary N) is 1. The molecular formula is C24H30FN3O4. The van der Waals surface area contributed by atoms with Crippen molar-refractivity contribution >= 4 is 23.3 Å². The molecule has 2 aromatic rings. The fourth-order valence-corrected chi connectivity index (χ4v) is 4.63. The summed E-state index contributed by atoms with van der Waals surface area (Å²) in [5.74, 6) is -2.53. The average Bonchev–Trinajstić information content (AvgIpc) is 3.01. The summed E-state index contributed by atoms with van der Waals surface area (Å²) < 4.78 is 15.4. The topological polar surface area (TPSA) is 106 Å². The van der Waals surface area contributed by atoms with Gasteiger partial charge in [0.15, 0.2) is 0 Å². The van der Waals surface area contributed by atoms with E-state index in [4.69, 9.17) is 5.73 Å². The number of anilines is 1. The van der Waals surface area contributed by atoms with Crippen LogP contribution >= 0.6 is 0 Å². The number of hydrogen-bond acceptors (Lipinski definition) is 4. The Morgan fingerprint density at radius 2 is 1.81 bits per heavy atom. The maximum atomic E-state index is 13.9. The number of benzene rings is 1. The SMILES string of the molecule is CCc1c(C(N)=O)c(C)n(C)c1C(=O)C(=O)N(c1ccc(F)c(C)c1)C1CCC(O)CC1. The highest BCUT2D eigenvalue weighted by atomic mass is 19.1. The second kappa shape index (κ2) is 9.24. The van der Waals surface area contributed by atoms with Gasteiger partial charge in [-0.05, 0) is 75.3 Å². The van der Waals surface area contributed by atoms with Crippen LogP contribution in [0.5, 0.6) is 0 Å². The van der Waals surface area contributed by atoms with Gasteiger partial charge in [-0.25, -0.2) is 4.39 Å². The van der Waals surface area contributed by atoms with E-state index >= 15 is 0 Å². The van der Waals surface area contributed by atoms with E-state index in [9.17, 15) is 23.9 Å². The number of carbonyl (C=O) groups excluding carboxylic acids is 3. The van der Waals surface area contributed by atoms with E-state index in [1.165, 1.54) is 21.6 Å². The molecule has 1 heterocycles. The zero-order valence-corrected chi connectivity index (χ0v) is 18.9. The Bertz CT molecular complexity index is 1070. The fourth-order valence-electron chi connectivity index (χ4n) is 4.63. The smallest absolute Gasteiger partial charge is 0.301 e. The minimum atomic E-state index is -0.747. The van der Waals surface area contributed by atoms with E-state index in [2.05, 4.69) is 0 Å². The van der Waals surface area contributed by atoms with Crippen molar-refractivity contribution in [2.24, 2.45) is 12.8 Å². The van der Waals surface area contributed by atoms with Gasteiger partial charge in [-0.2, -0.15) is 0 Å². The molecule has 32 heavy (non-hydrogen) atoms. The highest BCUT2D eigenvalue weighted by Crippen LogP contribution is 2.31. The second-order valence-corrected chi connectivity index (χ2v) is 8.46. The maximum absolute atomic E-state index is 13.9. The number of aromatic nitrogens is 1. The number of hydrogen-bond donors (Lipinski definition) is 2. The first-order valence-corrected chi connectivity index (χ1v) is 10.9. The highest BCUT2D eigenvalue weighted by molar-refractivity contribution is 6.47. The molecule has 7 nitrogen and oxygen atoms in total. The molecule has 172 valence electrons. The van der Waals surface area contributed by atoms with Crippen LogP contribution in [0, 0.1) is 19.7 Å². The van der Waals surface area contributed by atoms with Crippen molar-refractivity contribution in [3.05, 3.63) is 52.1 Å². The number of aliphatic hydroxyl groups excluding tert-OH is 1. The van der Waals surface area contributed by atoms with E-state index in [1.807, 2.05) is 0 Å². The number of halogens is 1. The predicted molar refractivity (Wildman–Crippen MR) is 119 cm³/mol. The van der Waals surface area contributed by atoms with E-state index in [0.717, 1.165) is 0 Å². The number of primary amides is 1. The Balaban J connectivity index is 2.09. The third-order valence-electron chi connectivity index (χ3n) is 6.47. The summed E-state index contributed by atoms with van der Waals surface area (Å²) in [5.41, 5.74) is 7.72. The lowest BCUT2D eigenvalue weighted by molar-refractivity contribution is -0.115. The summed E-state index contributed by atoms with van der Waals surface area (Å²) in [6.45, 7) is 5.08. The van der Waals surface area contributed by atoms with Crippen molar-refractivity contribution < 1.29 is 23.9 Å². The van der Waals surface area contributed by atoms with Crippen molar-refractivity contribution in [3.63, 3.8) is 0 Å². The minimum absolute atomic E-state index is 0.142. The third-order valence-corrected chi connectivity index (χ3v) is 6.47. The van der Waals surface area contributed by atoms with Gasteiger partial charge in [-0.3, -0.25) is 14.4 Å². The summed E-state index contributed by atoms with van der Waals surface area (Å²) in [6, 6.07) is 4.02. The van der Waals surface area contributed by atoms with Crippen molar-refractivity contribution in [2.45, 2.75) is 65.0 Å². The molecular weight excluding hydrogens is 413 g/mol. The van der Waals surface area contributed by atoms with Gasteiger partial charge in [0.2, 0.25) is 0 Å². The van der Waals surface area contributed by atoms with Crippen LogP contribution in [0.1, 0.15) is 70.3 Å². The van der Waals surface area contributed by atoms with Crippen molar-refractivity contribution in [2.75, 3.05) is 4.90 Å². The minimum Gasteiger partial charge on any atom is -0.393 e. The van der Waals surface area contributed by atoms with Gasteiger partial charge in [-0.15, -0.1) is 0 Å². The van der Waals surface area contributed by atoms with Crippen LogP contribution in [0.3, 0.4) is 0 Å². The molecule has 1 saturated carbocycles. The molecule has 0 bridgehead atoms. The number of aliphatic hydroxyl groups is 1. The summed E-state index contributed by atoms with van der Waals surface area (Å²) in [7, 11) is 1.63. The molecule has 0 saturated heterocycles. The molecule has 3 N–H and O–H groups in total. The first-order chi connectivity index (χ1) is 15.1. The van der Waals surface area contributed by atoms with Crippen LogP contribution < -0.4 is 10.6 Å². The van der Waals surface area contributed by atoms with Gasteiger partial charge in [-0.1, -0.05) is 6.92 Å². The van der Waals surface area contributed by atoms with Gasteiger partial charge in [0.05, 0.1) is 17.4 Å². The van der Waals surface area contributed by atoms with Gasteiger partial charge in [0, 0.05) is 24.5 Å². The summed E-state index contributed by atoms with van der Waals surface area (Å²) in [6.07, 6.45) is 2.00. The molecule has 0 aliphatic heterocycles. The maximum Gasteiger partial charge on any atom is 0.301 e. The zero-order valence-electron chi connectivity index (χ0n) is 18.9. The molecule has 1 aromatic carbocycles. The number of aryl methyl sites for hydroxylation is 1. The van der Waals surface area contributed by atoms with E-state index < -0.39 is 29.5 Å². The normalized spacial score (nSPS) is 18.4. The number of ketones is 1. The van der Waals surface area contributed by atoms with Gasteiger partial charge >= 0.3 is 5.91 Å². The van der Waals surface area contributed by atoms with Crippen LogP contribution in [0.4, 0.5) is 10.1 Å². The number of amides is 2. The van der Waals surface area contributed by atoms with Gasteiger partial charge in [0.1, 0.15) is 5.82 Å². The largest absolute Gasteiger partial charge is 0.393 e. The van der Waals surface area contributed by atoms with Crippen molar-refractivity contribution in [1.29, 1.82) is 0 Å². The Morgan fingerprint density at radius 1 is 1.19 bits per heavy atom. The average molecular weight is 444 g/mol. The number of Topliss-reactive ketones (excluding diaryl/α,β-unsaturated/α-hetero) is 1. The Kier molecular flexibility index (Phi) is 6.83. The first-order valence-electron chi connectivity index (χ1n) is 10.9. The lowest BCUT2D eigenvalue weighted by atomic mass is 9.91.